The maximum atomic E-state index is 12.5. The van der Waals surface area contributed by atoms with Crippen LogP contribution in [0.2, 0.25) is 0 Å². The molecule has 18 heavy (non-hydrogen) atoms. The summed E-state index contributed by atoms with van der Waals surface area (Å²) in [5, 5.41) is 1.63. The predicted octanol–water partition coefficient (Wildman–Crippen LogP) is 3.49. The van der Waals surface area contributed by atoms with Crippen LogP contribution in [0.3, 0.4) is 0 Å². The van der Waals surface area contributed by atoms with E-state index in [4.69, 9.17) is 0 Å². The fourth-order valence-electron chi connectivity index (χ4n) is 1.54. The summed E-state index contributed by atoms with van der Waals surface area (Å²) in [6.07, 6.45) is 6.61. The fourth-order valence-corrected chi connectivity index (χ4v) is 2.58. The van der Waals surface area contributed by atoms with Crippen molar-refractivity contribution in [1.29, 1.82) is 0 Å². The van der Waals surface area contributed by atoms with E-state index in [1.165, 1.54) is 11.8 Å². The molecule has 5 heteroatoms. The molecule has 1 atom stereocenters. The van der Waals surface area contributed by atoms with Crippen LogP contribution in [-0.2, 0) is 10.5 Å². The highest BCUT2D eigenvalue weighted by Crippen LogP contribution is 2.32. The number of dihydropyridines is 1. The van der Waals surface area contributed by atoms with Gasteiger partial charge in [-0.1, -0.05) is 48.2 Å². The van der Waals surface area contributed by atoms with E-state index in [2.05, 4.69) is 10.1 Å². The number of allylic oxidation sites excluding steroid dienone is 2. The molecule has 0 amide bonds. The zero-order valence-electron chi connectivity index (χ0n) is 9.55. The second-order valence-electron chi connectivity index (χ2n) is 3.68. The van der Waals surface area contributed by atoms with Crippen molar-refractivity contribution < 1.29 is 13.5 Å². The van der Waals surface area contributed by atoms with Crippen LogP contribution >= 0.6 is 11.8 Å². The number of thioether (sulfide) groups is 1. The van der Waals surface area contributed by atoms with Crippen LogP contribution in [0.4, 0.5) is 8.78 Å². The summed E-state index contributed by atoms with van der Waals surface area (Å²) < 4.78 is 29.6. The zero-order valence-corrected chi connectivity index (χ0v) is 10.4. The smallest absolute Gasteiger partial charge is 0.348 e. The molecule has 1 heterocycles. The van der Waals surface area contributed by atoms with Crippen molar-refractivity contribution in [2.45, 2.75) is 17.4 Å². The third-order valence-electron chi connectivity index (χ3n) is 2.37. The summed E-state index contributed by atoms with van der Waals surface area (Å²) in [7, 11) is 0. The first-order chi connectivity index (χ1) is 8.70. The van der Waals surface area contributed by atoms with Gasteiger partial charge in [0.15, 0.2) is 0 Å². The molecule has 0 aromatic heterocycles. The van der Waals surface area contributed by atoms with Gasteiger partial charge in [-0.25, -0.2) is 0 Å². The molecule has 2 rings (SSSR count). The fraction of sp³-hybridized carbons (Fsp3) is 0.231. The molecule has 0 fully saturated rings. The van der Waals surface area contributed by atoms with Crippen molar-refractivity contribution in [3.8, 4) is 0 Å². The van der Waals surface area contributed by atoms with E-state index < -0.39 is 11.7 Å². The van der Waals surface area contributed by atoms with Crippen LogP contribution in [0.1, 0.15) is 5.56 Å². The Hall–Kier alpha value is -1.33. The number of rotatable bonds is 5. The second-order valence-corrected chi connectivity index (χ2v) is 4.87. The summed E-state index contributed by atoms with van der Waals surface area (Å²) in [4.78, 5) is 0. The molecule has 1 aliphatic heterocycles. The summed E-state index contributed by atoms with van der Waals surface area (Å²) in [5.41, 5.74) is 1.06. The molecule has 0 bridgehead atoms. The topological polar surface area (TPSA) is 21.3 Å². The molecule has 1 aliphatic rings. The Kier molecular flexibility index (Phi) is 4.38. The monoisotopic (exact) mass is 269 g/mol. The highest BCUT2D eigenvalue weighted by atomic mass is 32.2. The van der Waals surface area contributed by atoms with Gasteiger partial charge < -0.3 is 5.32 Å². The van der Waals surface area contributed by atoms with Crippen molar-refractivity contribution in [1.82, 2.24) is 5.32 Å². The number of halogens is 2. The molecule has 0 saturated carbocycles. The van der Waals surface area contributed by atoms with E-state index in [0.717, 1.165) is 5.56 Å². The normalized spacial score (nSPS) is 22.2. The lowest BCUT2D eigenvalue weighted by Gasteiger charge is -2.31. The lowest BCUT2D eigenvalue weighted by Crippen LogP contribution is -2.42. The molecule has 1 aromatic rings. The average Bonchev–Trinajstić information content (AvgIpc) is 2.38. The van der Waals surface area contributed by atoms with Crippen LogP contribution in [-0.4, -0.2) is 11.7 Å². The molecule has 1 aromatic carbocycles. The molecule has 96 valence electrons. The summed E-state index contributed by atoms with van der Waals surface area (Å²) >= 11 is 1.27. The highest BCUT2D eigenvalue weighted by Gasteiger charge is 2.32. The Morgan fingerprint density at radius 1 is 1.22 bits per heavy atom. The van der Waals surface area contributed by atoms with Crippen LogP contribution < -0.4 is 5.32 Å². The first-order valence-corrected chi connectivity index (χ1v) is 6.45. The summed E-state index contributed by atoms with van der Waals surface area (Å²) in [5.74, 6) is 0.582. The van der Waals surface area contributed by atoms with Gasteiger partial charge in [0, 0.05) is 5.75 Å². The Morgan fingerprint density at radius 2 is 2.00 bits per heavy atom. The molecule has 0 radical (unpaired) electrons. The molecule has 2 nitrogen and oxygen atoms in total. The first kappa shape index (κ1) is 13.1. The molecule has 0 spiro atoms. The van der Waals surface area contributed by atoms with E-state index in [1.807, 2.05) is 30.3 Å². The van der Waals surface area contributed by atoms with Gasteiger partial charge in [-0.2, -0.15) is 8.78 Å². The van der Waals surface area contributed by atoms with Gasteiger partial charge >= 0.3 is 6.61 Å². The van der Waals surface area contributed by atoms with Crippen LogP contribution in [0.15, 0.2) is 54.8 Å². The van der Waals surface area contributed by atoms with Crippen molar-refractivity contribution >= 4 is 11.8 Å². The van der Waals surface area contributed by atoms with Gasteiger partial charge in [-0.05, 0) is 23.9 Å². The minimum Gasteiger partial charge on any atom is -0.352 e. The van der Waals surface area contributed by atoms with E-state index in [9.17, 15) is 8.78 Å². The maximum absolute atomic E-state index is 12.5. The molecule has 1 unspecified atom stereocenters. The standard InChI is InChI=1S/C13H13F2NOS/c14-12(15)17-13(8-4-5-9-16-13)18-10-11-6-2-1-3-7-11/h1-9,12,16H,10H2. The van der Waals surface area contributed by atoms with Gasteiger partial charge in [0.1, 0.15) is 0 Å². The molecule has 0 aliphatic carbocycles. The maximum Gasteiger partial charge on any atom is 0.348 e. The van der Waals surface area contributed by atoms with Gasteiger partial charge in [-0.3, -0.25) is 4.74 Å². The van der Waals surface area contributed by atoms with Crippen molar-refractivity contribution in [3.05, 3.63) is 60.3 Å². The number of benzene rings is 1. The number of hydrogen-bond donors (Lipinski definition) is 1. The summed E-state index contributed by atoms with van der Waals surface area (Å²) in [6.45, 7) is -2.82. The molecular formula is C13H13F2NOS. The Bertz CT molecular complexity index is 436. The Labute approximate surface area is 109 Å². The number of nitrogens with one attached hydrogen (secondary N) is 1. The van der Waals surface area contributed by atoms with Gasteiger partial charge in [0.2, 0.25) is 5.06 Å². The third-order valence-corrected chi connectivity index (χ3v) is 3.62. The molecule has 1 N–H and O–H groups in total. The third kappa shape index (κ3) is 3.58. The second kappa shape index (κ2) is 6.02. The van der Waals surface area contributed by atoms with Crippen LogP contribution in [0.5, 0.6) is 0 Å². The quantitative estimate of drug-likeness (QED) is 0.827. The van der Waals surface area contributed by atoms with Crippen LogP contribution in [0, 0.1) is 0 Å². The highest BCUT2D eigenvalue weighted by molar-refractivity contribution is 7.99. The zero-order chi connectivity index (χ0) is 12.8. The van der Waals surface area contributed by atoms with E-state index in [-0.39, 0.29) is 0 Å². The molecule has 0 saturated heterocycles. The van der Waals surface area contributed by atoms with E-state index in [1.54, 1.807) is 24.4 Å². The minimum absolute atomic E-state index is 0.582. The predicted molar refractivity (Wildman–Crippen MR) is 69.0 cm³/mol. The van der Waals surface area contributed by atoms with E-state index in [0.29, 0.717) is 5.75 Å². The number of alkyl halides is 2. The van der Waals surface area contributed by atoms with E-state index >= 15 is 0 Å². The van der Waals surface area contributed by atoms with Gasteiger partial charge in [-0.15, -0.1) is 0 Å². The number of ether oxygens (including phenoxy) is 1. The summed E-state index contributed by atoms with van der Waals surface area (Å²) in [6, 6.07) is 9.65. The van der Waals surface area contributed by atoms with Crippen LogP contribution in [0.25, 0.3) is 0 Å². The van der Waals surface area contributed by atoms with Gasteiger partial charge in [0.25, 0.3) is 0 Å². The Balaban J connectivity index is 2.02. The lowest BCUT2D eigenvalue weighted by atomic mass is 10.2. The number of hydrogen-bond acceptors (Lipinski definition) is 3. The SMILES string of the molecule is FC(F)OC1(SCc2ccccc2)C=CC=CN1. The van der Waals surface area contributed by atoms with Crippen molar-refractivity contribution in [2.24, 2.45) is 0 Å². The van der Waals surface area contributed by atoms with Gasteiger partial charge in [0.05, 0.1) is 0 Å². The van der Waals surface area contributed by atoms with Crippen molar-refractivity contribution in [3.63, 3.8) is 0 Å². The lowest BCUT2D eigenvalue weighted by molar-refractivity contribution is -0.167. The minimum atomic E-state index is -2.82. The average molecular weight is 269 g/mol. The first-order valence-electron chi connectivity index (χ1n) is 5.46. The largest absolute Gasteiger partial charge is 0.352 e. The Morgan fingerprint density at radius 3 is 2.61 bits per heavy atom. The van der Waals surface area contributed by atoms with Crippen molar-refractivity contribution in [2.75, 3.05) is 0 Å². The molecular weight excluding hydrogens is 256 g/mol.